The van der Waals surface area contributed by atoms with Crippen LogP contribution in [0.5, 0.6) is 0 Å². The van der Waals surface area contributed by atoms with Crippen LogP contribution in [0.3, 0.4) is 0 Å². The molecule has 0 aliphatic carbocycles. The average Bonchev–Trinajstić information content (AvgIpc) is 3.00. The lowest BCUT2D eigenvalue weighted by Gasteiger charge is -2.07. The largest absolute Gasteiger partial charge is 0.463 e. The van der Waals surface area contributed by atoms with E-state index in [1.165, 1.54) is 18.2 Å². The van der Waals surface area contributed by atoms with E-state index in [0.717, 1.165) is 39.4 Å². The minimum atomic E-state index is -0.355. The predicted molar refractivity (Wildman–Crippen MR) is 91.8 cm³/mol. The molecule has 120 valence electrons. The third-order valence-corrected chi connectivity index (χ3v) is 4.42. The van der Waals surface area contributed by atoms with Gasteiger partial charge in [-0.05, 0) is 42.7 Å². The van der Waals surface area contributed by atoms with E-state index in [1.807, 2.05) is 19.9 Å². The van der Waals surface area contributed by atoms with Gasteiger partial charge in [0, 0.05) is 28.0 Å². The van der Waals surface area contributed by atoms with Crippen molar-refractivity contribution in [2.45, 2.75) is 20.3 Å². The molecule has 2 aromatic carbocycles. The van der Waals surface area contributed by atoms with E-state index < -0.39 is 0 Å². The number of fused-ring (bicyclic) bond motifs is 2. The quantitative estimate of drug-likeness (QED) is 0.475. The van der Waals surface area contributed by atoms with E-state index in [-0.39, 0.29) is 11.4 Å². The van der Waals surface area contributed by atoms with Crippen LogP contribution in [0, 0.1) is 12.7 Å². The molecule has 0 N–H and O–H groups in total. The molecule has 3 nitrogen and oxygen atoms in total. The molecule has 0 bridgehead atoms. The first-order valence-electron chi connectivity index (χ1n) is 7.82. The molecular weight excluding hydrogens is 307 g/mol. The van der Waals surface area contributed by atoms with Crippen molar-refractivity contribution in [3.8, 4) is 11.1 Å². The summed E-state index contributed by atoms with van der Waals surface area (Å²) in [7, 11) is 0. The Hall–Kier alpha value is -2.88. The Kier molecular flexibility index (Phi) is 3.27. The van der Waals surface area contributed by atoms with Crippen molar-refractivity contribution >= 4 is 21.9 Å². The molecule has 4 heteroatoms. The summed E-state index contributed by atoms with van der Waals surface area (Å²) >= 11 is 0. The van der Waals surface area contributed by atoms with E-state index in [0.29, 0.717) is 11.2 Å². The summed E-state index contributed by atoms with van der Waals surface area (Å²) in [5.74, 6) is -0.275. The Morgan fingerprint density at radius 3 is 2.50 bits per heavy atom. The molecule has 4 rings (SSSR count). The van der Waals surface area contributed by atoms with Crippen LogP contribution in [0.25, 0.3) is 33.1 Å². The summed E-state index contributed by atoms with van der Waals surface area (Å²) in [5, 5.41) is 1.84. The summed E-state index contributed by atoms with van der Waals surface area (Å²) in [6.07, 6.45) is 2.39. The molecule has 0 saturated carbocycles. The van der Waals surface area contributed by atoms with Crippen LogP contribution in [0.2, 0.25) is 0 Å². The first kappa shape index (κ1) is 14.7. The zero-order valence-corrected chi connectivity index (χ0v) is 13.4. The van der Waals surface area contributed by atoms with Gasteiger partial charge in [0.25, 0.3) is 0 Å². The molecule has 0 atom stereocenters. The second kappa shape index (κ2) is 5.34. The van der Waals surface area contributed by atoms with Crippen molar-refractivity contribution in [2.24, 2.45) is 0 Å². The highest BCUT2D eigenvalue weighted by Gasteiger charge is 2.16. The molecule has 0 aliphatic heterocycles. The van der Waals surface area contributed by atoms with E-state index in [9.17, 15) is 9.18 Å². The summed E-state index contributed by atoms with van der Waals surface area (Å²) in [5.41, 5.74) is 4.39. The standard InChI is InChI=1S/C20H15FO3/c1-3-12-8-18(22)24-20-11(2)19-16(9-15(12)20)17(10-23-19)13-4-6-14(21)7-5-13/h4-10H,3H2,1-2H3. The van der Waals surface area contributed by atoms with Gasteiger partial charge in [-0.15, -0.1) is 0 Å². The van der Waals surface area contributed by atoms with Gasteiger partial charge < -0.3 is 8.83 Å². The predicted octanol–water partition coefficient (Wildman–Crippen LogP) is 5.22. The number of rotatable bonds is 2. The van der Waals surface area contributed by atoms with Crippen LogP contribution >= 0.6 is 0 Å². The molecule has 0 radical (unpaired) electrons. The molecule has 0 amide bonds. The van der Waals surface area contributed by atoms with Gasteiger partial charge in [-0.1, -0.05) is 19.1 Å². The van der Waals surface area contributed by atoms with E-state index in [4.69, 9.17) is 8.83 Å². The summed E-state index contributed by atoms with van der Waals surface area (Å²) in [6, 6.07) is 9.83. The number of hydrogen-bond donors (Lipinski definition) is 0. The fourth-order valence-electron chi connectivity index (χ4n) is 3.18. The van der Waals surface area contributed by atoms with Crippen molar-refractivity contribution in [1.29, 1.82) is 0 Å². The highest BCUT2D eigenvalue weighted by atomic mass is 19.1. The maximum atomic E-state index is 13.2. The van der Waals surface area contributed by atoms with Gasteiger partial charge in [0.05, 0.1) is 6.26 Å². The highest BCUT2D eigenvalue weighted by Crippen LogP contribution is 2.36. The molecule has 0 spiro atoms. The number of halogens is 1. The minimum absolute atomic E-state index is 0.275. The summed E-state index contributed by atoms with van der Waals surface area (Å²) < 4.78 is 24.3. The second-order valence-electron chi connectivity index (χ2n) is 5.86. The van der Waals surface area contributed by atoms with E-state index in [1.54, 1.807) is 18.4 Å². The average molecular weight is 322 g/mol. The monoisotopic (exact) mass is 322 g/mol. The normalized spacial score (nSPS) is 11.5. The number of hydrogen-bond acceptors (Lipinski definition) is 3. The lowest BCUT2D eigenvalue weighted by Crippen LogP contribution is -2.01. The molecule has 24 heavy (non-hydrogen) atoms. The zero-order valence-electron chi connectivity index (χ0n) is 13.4. The van der Waals surface area contributed by atoms with Gasteiger partial charge in [-0.3, -0.25) is 0 Å². The second-order valence-corrected chi connectivity index (χ2v) is 5.86. The van der Waals surface area contributed by atoms with Gasteiger partial charge >= 0.3 is 5.63 Å². The van der Waals surface area contributed by atoms with Crippen LogP contribution in [-0.4, -0.2) is 0 Å². The molecule has 4 aromatic rings. The Morgan fingerprint density at radius 1 is 1.04 bits per heavy atom. The van der Waals surface area contributed by atoms with Crippen molar-refractivity contribution in [1.82, 2.24) is 0 Å². The van der Waals surface area contributed by atoms with Gasteiger partial charge in [0.1, 0.15) is 17.0 Å². The van der Waals surface area contributed by atoms with Crippen molar-refractivity contribution in [2.75, 3.05) is 0 Å². The molecule has 2 aromatic heterocycles. The Balaban J connectivity index is 2.09. The molecule has 0 unspecified atom stereocenters. The zero-order chi connectivity index (χ0) is 16.8. The highest BCUT2D eigenvalue weighted by molar-refractivity contribution is 6.04. The Labute approximate surface area is 137 Å². The maximum Gasteiger partial charge on any atom is 0.336 e. The topological polar surface area (TPSA) is 43.4 Å². The van der Waals surface area contributed by atoms with Crippen LogP contribution in [0.1, 0.15) is 18.1 Å². The number of furan rings is 1. The molecular formula is C20H15FO3. The third kappa shape index (κ3) is 2.14. The summed E-state index contributed by atoms with van der Waals surface area (Å²) in [4.78, 5) is 11.8. The van der Waals surface area contributed by atoms with Gasteiger partial charge in [-0.2, -0.15) is 0 Å². The smallest absolute Gasteiger partial charge is 0.336 e. The van der Waals surface area contributed by atoms with Crippen molar-refractivity contribution in [3.05, 3.63) is 70.0 Å². The first-order chi connectivity index (χ1) is 11.6. The first-order valence-corrected chi connectivity index (χ1v) is 7.82. The Morgan fingerprint density at radius 2 is 1.79 bits per heavy atom. The lowest BCUT2D eigenvalue weighted by atomic mass is 9.98. The van der Waals surface area contributed by atoms with E-state index >= 15 is 0 Å². The number of aryl methyl sites for hydroxylation is 2. The van der Waals surface area contributed by atoms with Gasteiger partial charge in [0.2, 0.25) is 0 Å². The van der Waals surface area contributed by atoms with Gasteiger partial charge in [-0.25, -0.2) is 9.18 Å². The van der Waals surface area contributed by atoms with E-state index in [2.05, 4.69) is 0 Å². The molecule has 0 aliphatic rings. The lowest BCUT2D eigenvalue weighted by molar-refractivity contribution is 0.554. The van der Waals surface area contributed by atoms with Crippen molar-refractivity contribution in [3.63, 3.8) is 0 Å². The van der Waals surface area contributed by atoms with Gasteiger partial charge in [0.15, 0.2) is 0 Å². The van der Waals surface area contributed by atoms with Crippen LogP contribution in [0.4, 0.5) is 4.39 Å². The fraction of sp³-hybridized carbons (Fsp3) is 0.150. The minimum Gasteiger partial charge on any atom is -0.463 e. The molecule has 2 heterocycles. The molecule has 0 fully saturated rings. The third-order valence-electron chi connectivity index (χ3n) is 4.42. The van der Waals surface area contributed by atoms with Crippen molar-refractivity contribution < 1.29 is 13.2 Å². The Bertz CT molecular complexity index is 1120. The van der Waals surface area contributed by atoms with Crippen LogP contribution in [-0.2, 0) is 6.42 Å². The van der Waals surface area contributed by atoms with Crippen LogP contribution in [0.15, 0.2) is 56.3 Å². The summed E-state index contributed by atoms with van der Waals surface area (Å²) in [6.45, 7) is 3.88. The fourth-order valence-corrected chi connectivity index (χ4v) is 3.18. The maximum absolute atomic E-state index is 13.2. The SMILES string of the molecule is CCc1cc(=O)oc2c(C)c3occ(-c4ccc(F)cc4)c3cc12. The molecule has 0 saturated heterocycles. The number of benzene rings is 2. The van der Waals surface area contributed by atoms with Crippen LogP contribution < -0.4 is 5.63 Å².